The third-order valence-electron chi connectivity index (χ3n) is 2.77. The van der Waals surface area contributed by atoms with Gasteiger partial charge >= 0.3 is 0 Å². The van der Waals surface area contributed by atoms with E-state index in [0.717, 1.165) is 6.54 Å². The minimum Gasteiger partial charge on any atom is -0.309 e. The zero-order valence-corrected chi connectivity index (χ0v) is 10.3. The van der Waals surface area contributed by atoms with Crippen molar-refractivity contribution in [3.8, 4) is 0 Å². The lowest BCUT2D eigenvalue weighted by Crippen LogP contribution is -2.22. The molecular formula is C10H14BrNS. The molecule has 0 bridgehead atoms. The standard InChI is InChI=1S/C10H14BrNS/c1-10(2)3-4-12-9(10)8-5-7(11)6-13-8/h5-6,9,12H,3-4H2,1-2H3. The molecule has 0 radical (unpaired) electrons. The SMILES string of the molecule is CC1(C)CCNC1c1cc(Br)cs1. The molecule has 1 aromatic heterocycles. The molecule has 1 nitrogen and oxygen atoms in total. The minimum absolute atomic E-state index is 0.407. The second-order valence-electron chi connectivity index (χ2n) is 4.29. The highest BCUT2D eigenvalue weighted by Crippen LogP contribution is 2.42. The average Bonchev–Trinajstić information content (AvgIpc) is 2.56. The van der Waals surface area contributed by atoms with Gasteiger partial charge < -0.3 is 5.32 Å². The van der Waals surface area contributed by atoms with E-state index in [1.54, 1.807) is 0 Å². The third kappa shape index (κ3) is 1.83. The summed E-state index contributed by atoms with van der Waals surface area (Å²) in [7, 11) is 0. The number of hydrogen-bond donors (Lipinski definition) is 1. The van der Waals surface area contributed by atoms with Gasteiger partial charge in [-0.1, -0.05) is 13.8 Å². The minimum atomic E-state index is 0.407. The summed E-state index contributed by atoms with van der Waals surface area (Å²) in [6.45, 7) is 5.82. The molecule has 0 aliphatic carbocycles. The Morgan fingerprint density at radius 2 is 2.38 bits per heavy atom. The van der Waals surface area contributed by atoms with Gasteiger partial charge in [0.2, 0.25) is 0 Å². The Balaban J connectivity index is 2.26. The molecule has 3 heteroatoms. The van der Waals surface area contributed by atoms with Crippen LogP contribution in [-0.4, -0.2) is 6.54 Å². The van der Waals surface area contributed by atoms with Crippen LogP contribution in [0, 0.1) is 5.41 Å². The van der Waals surface area contributed by atoms with E-state index in [2.05, 4.69) is 46.5 Å². The van der Waals surface area contributed by atoms with Crippen LogP contribution in [-0.2, 0) is 0 Å². The van der Waals surface area contributed by atoms with Gasteiger partial charge in [0.05, 0.1) is 0 Å². The summed E-state index contributed by atoms with van der Waals surface area (Å²) in [5.41, 5.74) is 0.407. The summed E-state index contributed by atoms with van der Waals surface area (Å²) in [6, 6.07) is 2.78. The molecule has 2 rings (SSSR count). The first kappa shape index (κ1) is 9.69. The van der Waals surface area contributed by atoms with Crippen molar-refractivity contribution in [2.45, 2.75) is 26.3 Å². The van der Waals surface area contributed by atoms with Crippen molar-refractivity contribution < 1.29 is 0 Å². The van der Waals surface area contributed by atoms with E-state index >= 15 is 0 Å². The molecule has 1 N–H and O–H groups in total. The van der Waals surface area contributed by atoms with Crippen molar-refractivity contribution in [3.05, 3.63) is 20.8 Å². The molecule has 13 heavy (non-hydrogen) atoms. The highest BCUT2D eigenvalue weighted by Gasteiger charge is 2.35. The van der Waals surface area contributed by atoms with Gasteiger partial charge in [-0.3, -0.25) is 0 Å². The first-order chi connectivity index (χ1) is 6.09. The van der Waals surface area contributed by atoms with Gasteiger partial charge in [-0.2, -0.15) is 0 Å². The van der Waals surface area contributed by atoms with Crippen molar-refractivity contribution in [3.63, 3.8) is 0 Å². The smallest absolute Gasteiger partial charge is 0.0467 e. The monoisotopic (exact) mass is 259 g/mol. The van der Waals surface area contributed by atoms with Gasteiger partial charge in [0.1, 0.15) is 0 Å². The number of nitrogens with one attached hydrogen (secondary N) is 1. The van der Waals surface area contributed by atoms with Gasteiger partial charge in [-0.15, -0.1) is 11.3 Å². The molecule has 2 heterocycles. The molecule has 1 aromatic rings. The van der Waals surface area contributed by atoms with Crippen molar-refractivity contribution in [1.82, 2.24) is 5.32 Å². The molecule has 72 valence electrons. The highest BCUT2D eigenvalue weighted by molar-refractivity contribution is 9.10. The van der Waals surface area contributed by atoms with Crippen LogP contribution in [0.2, 0.25) is 0 Å². The van der Waals surface area contributed by atoms with Gasteiger partial charge in [0.15, 0.2) is 0 Å². The first-order valence-electron chi connectivity index (χ1n) is 4.57. The van der Waals surface area contributed by atoms with E-state index in [1.807, 2.05) is 11.3 Å². The molecular weight excluding hydrogens is 246 g/mol. The van der Waals surface area contributed by atoms with Crippen LogP contribution in [0.4, 0.5) is 0 Å². The Labute approximate surface area is 91.7 Å². The zero-order valence-electron chi connectivity index (χ0n) is 7.93. The average molecular weight is 260 g/mol. The molecule has 1 unspecified atom stereocenters. The Bertz CT molecular complexity index is 306. The van der Waals surface area contributed by atoms with E-state index in [4.69, 9.17) is 0 Å². The molecule has 0 saturated carbocycles. The Hall–Kier alpha value is 0.140. The van der Waals surface area contributed by atoms with Crippen molar-refractivity contribution in [2.75, 3.05) is 6.54 Å². The molecule has 1 fully saturated rings. The van der Waals surface area contributed by atoms with Crippen LogP contribution in [0.1, 0.15) is 31.2 Å². The van der Waals surface area contributed by atoms with E-state index in [-0.39, 0.29) is 0 Å². The molecule has 0 spiro atoms. The van der Waals surface area contributed by atoms with Crippen LogP contribution in [0.25, 0.3) is 0 Å². The first-order valence-corrected chi connectivity index (χ1v) is 6.24. The summed E-state index contributed by atoms with van der Waals surface area (Å²) in [5.74, 6) is 0. The largest absolute Gasteiger partial charge is 0.309 e. The second kappa shape index (κ2) is 3.37. The quantitative estimate of drug-likeness (QED) is 0.814. The van der Waals surface area contributed by atoms with E-state index < -0.39 is 0 Å². The summed E-state index contributed by atoms with van der Waals surface area (Å²) in [5, 5.41) is 5.72. The summed E-state index contributed by atoms with van der Waals surface area (Å²) in [4.78, 5) is 1.45. The fraction of sp³-hybridized carbons (Fsp3) is 0.600. The van der Waals surface area contributed by atoms with Gasteiger partial charge in [0, 0.05) is 20.8 Å². The third-order valence-corrected chi connectivity index (χ3v) is 4.53. The predicted octanol–water partition coefficient (Wildman–Crippen LogP) is 3.57. The maximum absolute atomic E-state index is 3.57. The Morgan fingerprint density at radius 1 is 1.62 bits per heavy atom. The Morgan fingerprint density at radius 3 is 2.85 bits per heavy atom. The van der Waals surface area contributed by atoms with Crippen LogP contribution in [0.5, 0.6) is 0 Å². The molecule has 0 aromatic carbocycles. The lowest BCUT2D eigenvalue weighted by molar-refractivity contribution is 0.324. The fourth-order valence-corrected chi connectivity index (χ4v) is 3.65. The van der Waals surface area contributed by atoms with Crippen LogP contribution in [0.3, 0.4) is 0 Å². The zero-order chi connectivity index (χ0) is 9.47. The summed E-state index contributed by atoms with van der Waals surface area (Å²) >= 11 is 5.34. The van der Waals surface area contributed by atoms with Crippen molar-refractivity contribution >= 4 is 27.3 Å². The molecule has 0 amide bonds. The van der Waals surface area contributed by atoms with Crippen LogP contribution >= 0.6 is 27.3 Å². The van der Waals surface area contributed by atoms with Crippen molar-refractivity contribution in [2.24, 2.45) is 5.41 Å². The normalized spacial score (nSPS) is 26.5. The highest BCUT2D eigenvalue weighted by atomic mass is 79.9. The van der Waals surface area contributed by atoms with Gasteiger partial charge in [-0.25, -0.2) is 0 Å². The van der Waals surface area contributed by atoms with Crippen LogP contribution in [0.15, 0.2) is 15.9 Å². The lowest BCUT2D eigenvalue weighted by Gasteiger charge is -2.25. The topological polar surface area (TPSA) is 12.0 Å². The summed E-state index contributed by atoms with van der Waals surface area (Å²) in [6.07, 6.45) is 1.27. The number of rotatable bonds is 1. The molecule has 1 aliphatic heterocycles. The number of thiophene rings is 1. The van der Waals surface area contributed by atoms with Crippen molar-refractivity contribution in [1.29, 1.82) is 0 Å². The maximum Gasteiger partial charge on any atom is 0.0467 e. The fourth-order valence-electron chi connectivity index (χ4n) is 1.92. The van der Waals surface area contributed by atoms with Gasteiger partial charge in [-0.05, 0) is 40.4 Å². The lowest BCUT2D eigenvalue weighted by atomic mass is 9.84. The summed E-state index contributed by atoms with van der Waals surface area (Å²) < 4.78 is 1.21. The predicted molar refractivity (Wildman–Crippen MR) is 61.2 cm³/mol. The molecule has 1 aliphatic rings. The van der Waals surface area contributed by atoms with E-state index in [1.165, 1.54) is 15.8 Å². The van der Waals surface area contributed by atoms with Gasteiger partial charge in [0.25, 0.3) is 0 Å². The molecule has 1 atom stereocenters. The second-order valence-corrected chi connectivity index (χ2v) is 6.15. The number of halogens is 1. The number of hydrogen-bond acceptors (Lipinski definition) is 2. The van der Waals surface area contributed by atoms with E-state index in [9.17, 15) is 0 Å². The Kier molecular flexibility index (Phi) is 2.51. The molecule has 1 saturated heterocycles. The maximum atomic E-state index is 3.57. The van der Waals surface area contributed by atoms with E-state index in [0.29, 0.717) is 11.5 Å². The van der Waals surface area contributed by atoms with Crippen LogP contribution < -0.4 is 5.32 Å².